The molecule has 2 aromatic rings. The van der Waals surface area contributed by atoms with Gasteiger partial charge in [-0.05, 0) is 24.6 Å². The van der Waals surface area contributed by atoms with Crippen molar-refractivity contribution < 1.29 is 49.1 Å². The van der Waals surface area contributed by atoms with Crippen molar-refractivity contribution in [3.8, 4) is 0 Å². The molecule has 2 aliphatic rings. The first kappa shape index (κ1) is 39.4. The van der Waals surface area contributed by atoms with Crippen LogP contribution in [0, 0.1) is 0 Å². The fraction of sp³-hybridized carbons (Fsp3) is 0.588. The number of piperazine rings is 1. The number of benzene rings is 1. The van der Waals surface area contributed by atoms with E-state index in [4.69, 9.17) is 4.74 Å². The smallest absolute Gasteiger partial charge is 0.320 e. The van der Waals surface area contributed by atoms with E-state index in [2.05, 4.69) is 9.88 Å². The lowest BCUT2D eigenvalue weighted by molar-refractivity contribution is -0.146. The first-order valence-electron chi connectivity index (χ1n) is 17.1. The molecule has 2 saturated heterocycles. The quantitative estimate of drug-likeness (QED) is 0.187. The molecule has 2 fully saturated rings. The number of hydrogen-bond donors (Lipinski definition) is 4. The average Bonchev–Trinajstić information content (AvgIpc) is 3.11. The van der Waals surface area contributed by atoms with Gasteiger partial charge < -0.3 is 35.0 Å². The SMILES string of the molecule is COC(=O)CN1CCN(CC(=O)O)CCN(CC(=O)O)CCN(C(CCC(=O)N2CCN(c3ccc4ccc(CO)nc4c3)CC2)C(=O)O)CC1. The predicted octanol–water partition coefficient (Wildman–Crippen LogP) is -0.827. The van der Waals surface area contributed by atoms with E-state index in [-0.39, 0.29) is 90.8 Å². The van der Waals surface area contributed by atoms with Gasteiger partial charge in [-0.25, -0.2) is 0 Å². The third-order valence-electron chi connectivity index (χ3n) is 9.42. The van der Waals surface area contributed by atoms with Crippen LogP contribution in [-0.4, -0.2) is 191 Å². The lowest BCUT2D eigenvalue weighted by Crippen LogP contribution is -2.52. The molecule has 51 heavy (non-hydrogen) atoms. The van der Waals surface area contributed by atoms with Crippen LogP contribution in [0.5, 0.6) is 0 Å². The number of carbonyl (C=O) groups excluding carboxylic acids is 2. The summed E-state index contributed by atoms with van der Waals surface area (Å²) in [7, 11) is 1.27. The van der Waals surface area contributed by atoms with E-state index in [9.17, 15) is 44.4 Å². The van der Waals surface area contributed by atoms with Crippen molar-refractivity contribution >= 4 is 46.4 Å². The zero-order valence-corrected chi connectivity index (χ0v) is 29.1. The molecule has 0 spiro atoms. The summed E-state index contributed by atoms with van der Waals surface area (Å²) in [5.74, 6) is -3.83. The van der Waals surface area contributed by atoms with Crippen molar-refractivity contribution in [3.63, 3.8) is 0 Å². The minimum absolute atomic E-state index is 0.00611. The van der Waals surface area contributed by atoms with Crippen LogP contribution in [0.3, 0.4) is 0 Å². The Balaban J connectivity index is 1.40. The number of ether oxygens (including phenoxy) is 1. The third-order valence-corrected chi connectivity index (χ3v) is 9.42. The topological polar surface area (TPSA) is 208 Å². The molecule has 1 unspecified atom stereocenters. The number of aliphatic carboxylic acids is 3. The molecule has 1 aromatic heterocycles. The summed E-state index contributed by atoms with van der Waals surface area (Å²) in [5.41, 5.74) is 2.33. The number of fused-ring (bicyclic) bond motifs is 1. The van der Waals surface area contributed by atoms with Crippen molar-refractivity contribution in [2.24, 2.45) is 0 Å². The molecule has 0 radical (unpaired) electrons. The van der Waals surface area contributed by atoms with Crippen LogP contribution in [0.1, 0.15) is 18.5 Å². The van der Waals surface area contributed by atoms with E-state index in [1.54, 1.807) is 30.6 Å². The highest BCUT2D eigenvalue weighted by molar-refractivity contribution is 5.83. The monoisotopic (exact) mass is 715 g/mol. The lowest BCUT2D eigenvalue weighted by Gasteiger charge is -2.37. The fourth-order valence-corrected chi connectivity index (χ4v) is 6.50. The Kier molecular flexibility index (Phi) is 14.9. The van der Waals surface area contributed by atoms with E-state index < -0.39 is 29.9 Å². The number of carboxylic acids is 3. The Bertz CT molecular complexity index is 1520. The molecule has 17 nitrogen and oxygen atoms in total. The van der Waals surface area contributed by atoms with Gasteiger partial charge in [-0.15, -0.1) is 0 Å². The maximum absolute atomic E-state index is 13.4. The van der Waals surface area contributed by atoms with Crippen molar-refractivity contribution in [3.05, 3.63) is 36.0 Å². The highest BCUT2D eigenvalue weighted by atomic mass is 16.5. The minimum atomic E-state index is -1.11. The minimum Gasteiger partial charge on any atom is -0.480 e. The largest absolute Gasteiger partial charge is 0.480 e. The van der Waals surface area contributed by atoms with Gasteiger partial charge in [-0.3, -0.25) is 48.6 Å². The number of carboxylic acid groups (broad SMARTS) is 3. The highest BCUT2D eigenvalue weighted by Gasteiger charge is 2.30. The number of amides is 1. The van der Waals surface area contributed by atoms with Gasteiger partial charge in [-0.1, -0.05) is 12.1 Å². The van der Waals surface area contributed by atoms with Gasteiger partial charge >= 0.3 is 23.9 Å². The Morgan fingerprint density at radius 1 is 0.745 bits per heavy atom. The molecule has 1 amide bonds. The number of aromatic nitrogens is 1. The number of pyridine rings is 1. The van der Waals surface area contributed by atoms with Crippen LogP contribution in [0.2, 0.25) is 0 Å². The molecule has 2 aliphatic heterocycles. The number of hydrogen-bond acceptors (Lipinski definition) is 13. The first-order valence-corrected chi connectivity index (χ1v) is 17.1. The van der Waals surface area contributed by atoms with E-state index in [0.717, 1.165) is 16.6 Å². The van der Waals surface area contributed by atoms with Crippen molar-refractivity contribution in [2.75, 3.05) is 110 Å². The summed E-state index contributed by atoms with van der Waals surface area (Å²) in [6, 6.07) is 8.61. The number of aliphatic hydroxyl groups is 1. The number of anilines is 1. The van der Waals surface area contributed by atoms with E-state index in [0.29, 0.717) is 38.4 Å². The second-order valence-electron chi connectivity index (χ2n) is 12.8. The van der Waals surface area contributed by atoms with E-state index >= 15 is 0 Å². The maximum atomic E-state index is 13.4. The van der Waals surface area contributed by atoms with Crippen molar-refractivity contribution in [1.82, 2.24) is 29.5 Å². The molecule has 0 saturated carbocycles. The molecule has 280 valence electrons. The lowest BCUT2D eigenvalue weighted by atomic mass is 10.1. The van der Waals surface area contributed by atoms with Gasteiger partial charge in [0.05, 0.1) is 44.6 Å². The first-order chi connectivity index (χ1) is 24.4. The number of rotatable bonds is 13. The van der Waals surface area contributed by atoms with Crippen LogP contribution >= 0.6 is 0 Å². The molecule has 4 N–H and O–H groups in total. The Morgan fingerprint density at radius 2 is 1.29 bits per heavy atom. The molecule has 3 heterocycles. The molecule has 0 aliphatic carbocycles. The zero-order valence-electron chi connectivity index (χ0n) is 29.1. The van der Waals surface area contributed by atoms with Gasteiger partial charge in [0.1, 0.15) is 6.04 Å². The van der Waals surface area contributed by atoms with Gasteiger partial charge in [0.15, 0.2) is 0 Å². The van der Waals surface area contributed by atoms with E-state index in [1.165, 1.54) is 7.11 Å². The predicted molar refractivity (Wildman–Crippen MR) is 185 cm³/mol. The van der Waals surface area contributed by atoms with Crippen molar-refractivity contribution in [1.29, 1.82) is 0 Å². The summed E-state index contributed by atoms with van der Waals surface area (Å²) in [5, 5.41) is 39.7. The summed E-state index contributed by atoms with van der Waals surface area (Å²) >= 11 is 0. The second kappa shape index (κ2) is 19.3. The van der Waals surface area contributed by atoms with Crippen LogP contribution in [0.4, 0.5) is 5.69 Å². The molecular formula is C34H49N7O10. The Hall–Kier alpha value is -4.42. The normalized spacial score (nSPS) is 18.5. The van der Waals surface area contributed by atoms with Crippen LogP contribution in [-0.2, 0) is 35.3 Å². The van der Waals surface area contributed by atoms with Gasteiger partial charge in [-0.2, -0.15) is 0 Å². The number of aliphatic hydroxyl groups excluding tert-OH is 1. The standard InChI is InChI=1S/C34H49N7O10/c1-51-33(48)23-38-11-10-36(21-31(44)45)8-9-37(22-32(46)47)12-14-40(15-13-38)29(34(49)50)6-7-30(43)41-18-16-39(17-19-41)27-5-3-25-2-4-26(24-42)35-28(25)20-27/h2-5,20,29,42H,6-19,21-24H2,1H3,(H,44,45)(H,46,47)(H,49,50). The molecule has 4 rings (SSSR count). The van der Waals surface area contributed by atoms with Gasteiger partial charge in [0, 0.05) is 96.0 Å². The van der Waals surface area contributed by atoms with Crippen LogP contribution in [0.15, 0.2) is 30.3 Å². The molecule has 1 atom stereocenters. The number of nitrogens with zero attached hydrogens (tertiary/aromatic N) is 7. The molecule has 17 heteroatoms. The van der Waals surface area contributed by atoms with Gasteiger partial charge in [0.25, 0.3) is 0 Å². The summed E-state index contributed by atoms with van der Waals surface area (Å²) in [6.45, 7) is 3.29. The van der Waals surface area contributed by atoms with Crippen molar-refractivity contribution in [2.45, 2.75) is 25.5 Å². The maximum Gasteiger partial charge on any atom is 0.320 e. The molecule has 0 bridgehead atoms. The average molecular weight is 716 g/mol. The summed E-state index contributed by atoms with van der Waals surface area (Å²) < 4.78 is 4.85. The summed E-state index contributed by atoms with van der Waals surface area (Å²) in [6.07, 6.45) is 0.0480. The molecular weight excluding hydrogens is 666 g/mol. The zero-order chi connectivity index (χ0) is 36.9. The Labute approximate surface area is 296 Å². The number of methoxy groups -OCH3 is 1. The highest BCUT2D eigenvalue weighted by Crippen LogP contribution is 2.23. The molecule has 1 aromatic carbocycles. The Morgan fingerprint density at radius 3 is 1.82 bits per heavy atom. The van der Waals surface area contributed by atoms with Crippen LogP contribution < -0.4 is 4.90 Å². The third kappa shape index (κ3) is 12.1. The number of esters is 1. The number of carbonyl (C=O) groups is 5. The van der Waals surface area contributed by atoms with E-state index in [1.807, 2.05) is 24.3 Å². The second-order valence-corrected chi connectivity index (χ2v) is 12.8. The van der Waals surface area contributed by atoms with Crippen LogP contribution in [0.25, 0.3) is 10.9 Å². The fourth-order valence-electron chi connectivity index (χ4n) is 6.50. The van der Waals surface area contributed by atoms with Gasteiger partial charge in [0.2, 0.25) is 5.91 Å². The summed E-state index contributed by atoms with van der Waals surface area (Å²) in [4.78, 5) is 76.6.